The molecule has 0 spiro atoms. The lowest BCUT2D eigenvalue weighted by Gasteiger charge is -2.21. The molecule has 0 saturated heterocycles. The maximum Gasteiger partial charge on any atom is 0.472 e. The lowest BCUT2D eigenvalue weighted by atomic mass is 10.0. The maximum atomic E-state index is 12.9. The molecule has 19 heteroatoms. The molecule has 0 fully saturated rings. The monoisotopic (exact) mass is 1160 g/mol. The average Bonchev–Trinajstić information content (AvgIpc) is 3.41. The van der Waals surface area contributed by atoms with Gasteiger partial charge in [0.1, 0.15) is 19.3 Å². The number of hydrogen-bond donors (Lipinski definition) is 3. The summed E-state index contributed by atoms with van der Waals surface area (Å²) in [5.74, 6) is -2.14. The van der Waals surface area contributed by atoms with Gasteiger partial charge < -0.3 is 33.8 Å². The summed E-state index contributed by atoms with van der Waals surface area (Å²) in [6.45, 7) is 4.80. The fraction of sp³-hybridized carbons (Fsp3) is 0.932. The van der Waals surface area contributed by atoms with Crippen LogP contribution in [0.5, 0.6) is 0 Å². The zero-order valence-electron chi connectivity index (χ0n) is 49.6. The number of rotatable bonds is 60. The van der Waals surface area contributed by atoms with Gasteiger partial charge in [-0.15, -0.1) is 0 Å². The van der Waals surface area contributed by atoms with Crippen LogP contribution in [-0.2, 0) is 65.4 Å². The maximum absolute atomic E-state index is 12.9. The van der Waals surface area contributed by atoms with Crippen LogP contribution in [0.3, 0.4) is 0 Å². The number of carbonyl (C=O) groups is 4. The summed E-state index contributed by atoms with van der Waals surface area (Å²) in [7, 11) is -9.87. The highest BCUT2D eigenvalue weighted by Gasteiger charge is 2.30. The molecule has 17 nitrogen and oxygen atoms in total. The summed E-state index contributed by atoms with van der Waals surface area (Å²) in [4.78, 5) is 71.8. The molecule has 0 heterocycles. The van der Waals surface area contributed by atoms with Crippen molar-refractivity contribution in [3.05, 3.63) is 0 Å². The van der Waals surface area contributed by atoms with E-state index in [2.05, 4.69) is 27.7 Å². The van der Waals surface area contributed by atoms with Gasteiger partial charge in [-0.25, -0.2) is 9.13 Å². The number of phosphoric ester groups is 2. The second kappa shape index (κ2) is 54.3. The van der Waals surface area contributed by atoms with Gasteiger partial charge in [0, 0.05) is 25.7 Å². The lowest BCUT2D eigenvalue weighted by molar-refractivity contribution is -0.161. The van der Waals surface area contributed by atoms with Crippen molar-refractivity contribution in [2.45, 2.75) is 316 Å². The minimum Gasteiger partial charge on any atom is -0.462 e. The highest BCUT2D eigenvalue weighted by Crippen LogP contribution is 2.45. The molecule has 0 aliphatic heterocycles. The summed E-state index contributed by atoms with van der Waals surface area (Å²) in [6, 6.07) is 0. The predicted octanol–water partition coefficient (Wildman–Crippen LogP) is 16.0. The third-order valence-electron chi connectivity index (χ3n) is 13.6. The van der Waals surface area contributed by atoms with Gasteiger partial charge in [0.2, 0.25) is 0 Å². The minimum atomic E-state index is -4.93. The van der Waals surface area contributed by atoms with Gasteiger partial charge in [-0.2, -0.15) is 0 Å². The van der Waals surface area contributed by atoms with E-state index in [0.29, 0.717) is 25.7 Å². The van der Waals surface area contributed by atoms with E-state index >= 15 is 0 Å². The Balaban J connectivity index is 5.21. The first-order valence-electron chi connectivity index (χ1n) is 31.3. The Morgan fingerprint density at radius 2 is 0.513 bits per heavy atom. The summed E-state index contributed by atoms with van der Waals surface area (Å²) in [5, 5.41) is 10.5. The Morgan fingerprint density at radius 1 is 0.308 bits per heavy atom. The first kappa shape index (κ1) is 76.1. The van der Waals surface area contributed by atoms with Gasteiger partial charge in [0.25, 0.3) is 0 Å². The number of aliphatic hydroxyl groups excluding tert-OH is 1. The van der Waals surface area contributed by atoms with Gasteiger partial charge >= 0.3 is 39.5 Å². The van der Waals surface area contributed by atoms with E-state index < -0.39 is 97.5 Å². The van der Waals surface area contributed by atoms with E-state index in [1.54, 1.807) is 0 Å². The molecule has 5 atom stereocenters. The Labute approximate surface area is 473 Å². The van der Waals surface area contributed by atoms with E-state index in [4.69, 9.17) is 37.0 Å². The molecule has 0 radical (unpaired) electrons. The van der Waals surface area contributed by atoms with Crippen LogP contribution < -0.4 is 0 Å². The number of hydrogen-bond acceptors (Lipinski definition) is 15. The van der Waals surface area contributed by atoms with Gasteiger partial charge in [0.15, 0.2) is 12.2 Å². The number of ether oxygens (including phenoxy) is 4. The summed E-state index contributed by atoms with van der Waals surface area (Å²) >= 11 is 0. The normalized spacial score (nSPS) is 14.3. The van der Waals surface area contributed by atoms with Crippen LogP contribution in [0.1, 0.15) is 297 Å². The second-order valence-electron chi connectivity index (χ2n) is 21.4. The number of esters is 4. The standard InChI is InChI=1S/C59H114O17P2/c1-5-9-13-17-21-25-26-27-30-34-38-42-46-59(64)76-55(50-70-57(62)44-40-36-32-28-22-18-14-10-6-2)52-74-78(67,68)72-48-53(60)47-71-77(65,66)73-51-54(49-69-56(61)43-39-35-31-24-20-16-12-8-4)75-58(63)45-41-37-33-29-23-19-15-11-7-3/h53-55,60H,5-52H2,1-4H3,(H,65,66)(H,67,68)/t53-,54+,55+/m0/s1. The third-order valence-corrected chi connectivity index (χ3v) is 15.5. The molecule has 0 aromatic carbocycles. The molecule has 0 aliphatic rings. The van der Waals surface area contributed by atoms with E-state index in [9.17, 15) is 43.2 Å². The first-order valence-corrected chi connectivity index (χ1v) is 34.3. The van der Waals surface area contributed by atoms with Gasteiger partial charge in [-0.3, -0.25) is 37.3 Å². The fourth-order valence-electron chi connectivity index (χ4n) is 8.75. The van der Waals surface area contributed by atoms with Crippen molar-refractivity contribution >= 4 is 39.5 Å². The Kier molecular flexibility index (Phi) is 53.0. The van der Waals surface area contributed by atoms with Crippen LogP contribution in [0, 0.1) is 0 Å². The highest BCUT2D eigenvalue weighted by molar-refractivity contribution is 7.47. The highest BCUT2D eigenvalue weighted by atomic mass is 31.2. The summed E-state index contributed by atoms with van der Waals surface area (Å²) < 4.78 is 67.7. The van der Waals surface area contributed by atoms with Crippen LogP contribution in [0.2, 0.25) is 0 Å². The number of phosphoric acid groups is 2. The van der Waals surface area contributed by atoms with Crippen molar-refractivity contribution in [3.8, 4) is 0 Å². The zero-order valence-corrected chi connectivity index (χ0v) is 51.4. The Bertz CT molecular complexity index is 1520. The third kappa shape index (κ3) is 53.4. The molecule has 0 bridgehead atoms. The topological polar surface area (TPSA) is 237 Å². The molecule has 0 aliphatic carbocycles. The number of unbranched alkanes of at least 4 members (excludes halogenated alkanes) is 34. The van der Waals surface area contributed by atoms with Gasteiger partial charge in [-0.1, -0.05) is 246 Å². The fourth-order valence-corrected chi connectivity index (χ4v) is 10.3. The Hall–Kier alpha value is -1.94. The first-order chi connectivity index (χ1) is 37.7. The average molecular weight is 1160 g/mol. The van der Waals surface area contributed by atoms with E-state index in [1.807, 2.05) is 0 Å². The van der Waals surface area contributed by atoms with Gasteiger partial charge in [0.05, 0.1) is 26.4 Å². The number of carbonyl (C=O) groups excluding carboxylic acids is 4. The van der Waals surface area contributed by atoms with Crippen LogP contribution in [0.25, 0.3) is 0 Å². The van der Waals surface area contributed by atoms with Crippen molar-refractivity contribution in [1.82, 2.24) is 0 Å². The molecule has 3 N–H and O–H groups in total. The molecular formula is C59H114O17P2. The van der Waals surface area contributed by atoms with Crippen molar-refractivity contribution in [2.24, 2.45) is 0 Å². The molecular weight excluding hydrogens is 1040 g/mol. The smallest absolute Gasteiger partial charge is 0.462 e. The van der Waals surface area contributed by atoms with E-state index in [1.165, 1.54) is 122 Å². The molecule has 0 saturated carbocycles. The van der Waals surface area contributed by atoms with Crippen LogP contribution in [-0.4, -0.2) is 96.7 Å². The predicted molar refractivity (Wildman–Crippen MR) is 308 cm³/mol. The number of aliphatic hydroxyl groups is 1. The molecule has 78 heavy (non-hydrogen) atoms. The summed E-state index contributed by atoms with van der Waals surface area (Å²) in [6.07, 6.45) is 37.5. The molecule has 2 unspecified atom stereocenters. The van der Waals surface area contributed by atoms with E-state index in [-0.39, 0.29) is 25.7 Å². The van der Waals surface area contributed by atoms with Crippen LogP contribution in [0.15, 0.2) is 0 Å². The molecule has 0 rings (SSSR count). The molecule has 0 aromatic rings. The zero-order chi connectivity index (χ0) is 57.6. The van der Waals surface area contributed by atoms with E-state index in [0.717, 1.165) is 96.3 Å². The lowest BCUT2D eigenvalue weighted by Crippen LogP contribution is -2.30. The summed E-state index contributed by atoms with van der Waals surface area (Å²) in [5.41, 5.74) is 0. The largest absolute Gasteiger partial charge is 0.472 e. The molecule has 0 aromatic heterocycles. The minimum absolute atomic E-state index is 0.106. The SMILES string of the molecule is CCCCCCCCCCCCCCC(=O)O[C@H](COC(=O)CCCCCCCCCCC)COP(=O)(O)OC[C@@H](O)COP(=O)(O)OC[C@@H](COC(=O)CCCCCCCCCC)OC(=O)CCCCCCCCCCC. The Morgan fingerprint density at radius 3 is 0.756 bits per heavy atom. The quantitative estimate of drug-likeness (QED) is 0.0222. The molecule has 0 amide bonds. The van der Waals surface area contributed by atoms with Crippen molar-refractivity contribution in [1.29, 1.82) is 0 Å². The second-order valence-corrected chi connectivity index (χ2v) is 24.3. The van der Waals surface area contributed by atoms with Crippen LogP contribution in [0.4, 0.5) is 0 Å². The van der Waals surface area contributed by atoms with Crippen molar-refractivity contribution in [3.63, 3.8) is 0 Å². The van der Waals surface area contributed by atoms with Crippen molar-refractivity contribution < 1.29 is 80.2 Å². The van der Waals surface area contributed by atoms with Gasteiger partial charge in [-0.05, 0) is 25.7 Å². The molecule has 462 valence electrons. The van der Waals surface area contributed by atoms with Crippen molar-refractivity contribution in [2.75, 3.05) is 39.6 Å². The van der Waals surface area contributed by atoms with Crippen LogP contribution >= 0.6 is 15.6 Å².